The van der Waals surface area contributed by atoms with Crippen LogP contribution in [0.4, 0.5) is 0 Å². The van der Waals surface area contributed by atoms with Crippen LogP contribution in [0.3, 0.4) is 0 Å². The van der Waals surface area contributed by atoms with E-state index in [2.05, 4.69) is 182 Å². The van der Waals surface area contributed by atoms with E-state index in [4.69, 9.17) is 18.8 Å². The number of aromatic nitrogens is 2. The van der Waals surface area contributed by atoms with E-state index < -0.39 is 0 Å². The second-order valence-corrected chi connectivity index (χ2v) is 15.2. The van der Waals surface area contributed by atoms with Gasteiger partial charge in [0.25, 0.3) is 0 Å². The minimum atomic E-state index is 0.629. The quantitative estimate of drug-likeness (QED) is 0.181. The van der Waals surface area contributed by atoms with Crippen molar-refractivity contribution in [3.05, 3.63) is 182 Å². The predicted molar refractivity (Wildman–Crippen MR) is 240 cm³/mol. The van der Waals surface area contributed by atoms with Crippen LogP contribution in [0.25, 0.3) is 132 Å². The van der Waals surface area contributed by atoms with Gasteiger partial charge in [0.15, 0.2) is 5.82 Å². The molecule has 4 heteroatoms. The maximum Gasteiger partial charge on any atom is 0.160 e. The summed E-state index contributed by atoms with van der Waals surface area (Å²) >= 11 is 0. The molecule has 0 atom stereocenters. The van der Waals surface area contributed by atoms with E-state index >= 15 is 0 Å². The lowest BCUT2D eigenvalue weighted by Crippen LogP contribution is -1.97. The first-order chi connectivity index (χ1) is 28.7. The minimum Gasteiger partial charge on any atom is -0.455 e. The summed E-state index contributed by atoms with van der Waals surface area (Å²) in [5.74, 6) is 0.629. The Kier molecular flexibility index (Phi) is 6.41. The van der Waals surface area contributed by atoms with Gasteiger partial charge in [-0.2, -0.15) is 0 Å². The molecular formula is C54H30N2O2. The lowest BCUT2D eigenvalue weighted by atomic mass is 9.94. The van der Waals surface area contributed by atoms with Gasteiger partial charge in [0.1, 0.15) is 22.3 Å². The lowest BCUT2D eigenvalue weighted by Gasteiger charge is -2.13. The van der Waals surface area contributed by atoms with E-state index in [1.165, 1.54) is 16.2 Å². The van der Waals surface area contributed by atoms with Gasteiger partial charge in [-0.05, 0) is 90.3 Å². The Morgan fingerprint density at radius 3 is 1.24 bits per heavy atom. The van der Waals surface area contributed by atoms with Crippen LogP contribution in [0.15, 0.2) is 191 Å². The molecule has 268 valence electrons. The van der Waals surface area contributed by atoms with Crippen molar-refractivity contribution in [2.45, 2.75) is 0 Å². The van der Waals surface area contributed by atoms with Gasteiger partial charge in [0.2, 0.25) is 0 Å². The smallest absolute Gasteiger partial charge is 0.160 e. The molecule has 0 bridgehead atoms. The van der Waals surface area contributed by atoms with Crippen LogP contribution in [0.2, 0.25) is 0 Å². The van der Waals surface area contributed by atoms with Crippen molar-refractivity contribution < 1.29 is 8.83 Å². The zero-order valence-electron chi connectivity index (χ0n) is 31.0. The first kappa shape index (κ1) is 31.4. The average molecular weight is 739 g/mol. The Balaban J connectivity index is 1.17. The highest BCUT2D eigenvalue weighted by atomic mass is 16.3. The van der Waals surface area contributed by atoms with Crippen molar-refractivity contribution in [1.82, 2.24) is 9.97 Å². The van der Waals surface area contributed by atoms with Crippen LogP contribution >= 0.6 is 0 Å². The molecule has 13 rings (SSSR count). The number of hydrogen-bond donors (Lipinski definition) is 0. The molecule has 0 aliphatic rings. The maximum atomic E-state index is 6.93. The van der Waals surface area contributed by atoms with Crippen LogP contribution in [0, 0.1) is 0 Å². The fourth-order valence-corrected chi connectivity index (χ4v) is 9.34. The SMILES string of the molecule is c1ccc2cc(-c3nc(-c4cc5ccccc5c5c4oc4ccc6ccccc6c45)cc(-c4cc5ccccc5c5c4oc4ccc6ccccc6c45)n3)ccc2c1. The molecule has 4 nitrogen and oxygen atoms in total. The molecule has 0 fully saturated rings. The fourth-order valence-electron chi connectivity index (χ4n) is 9.34. The number of fused-ring (bicyclic) bond motifs is 15. The molecule has 0 aliphatic carbocycles. The van der Waals surface area contributed by atoms with E-state index in [0.717, 1.165) is 110 Å². The molecular weight excluding hydrogens is 709 g/mol. The number of rotatable bonds is 3. The summed E-state index contributed by atoms with van der Waals surface area (Å²) in [4.78, 5) is 10.8. The van der Waals surface area contributed by atoms with E-state index in [1.807, 2.05) is 0 Å². The molecule has 0 unspecified atom stereocenters. The molecule has 3 heterocycles. The maximum absolute atomic E-state index is 6.93. The molecule has 0 aliphatic heterocycles. The van der Waals surface area contributed by atoms with Crippen molar-refractivity contribution in [1.29, 1.82) is 0 Å². The van der Waals surface area contributed by atoms with E-state index in [9.17, 15) is 0 Å². The first-order valence-corrected chi connectivity index (χ1v) is 19.6. The van der Waals surface area contributed by atoms with Crippen molar-refractivity contribution >= 4 is 97.7 Å². The number of furan rings is 2. The summed E-state index contributed by atoms with van der Waals surface area (Å²) in [7, 11) is 0. The Labute approximate surface area is 331 Å². The van der Waals surface area contributed by atoms with Gasteiger partial charge >= 0.3 is 0 Å². The van der Waals surface area contributed by atoms with Gasteiger partial charge < -0.3 is 8.83 Å². The molecule has 13 aromatic rings. The van der Waals surface area contributed by atoms with Gasteiger partial charge in [-0.3, -0.25) is 0 Å². The Morgan fingerprint density at radius 1 is 0.310 bits per heavy atom. The van der Waals surface area contributed by atoms with Crippen molar-refractivity contribution in [3.63, 3.8) is 0 Å². The van der Waals surface area contributed by atoms with E-state index in [1.54, 1.807) is 0 Å². The molecule has 0 saturated heterocycles. The van der Waals surface area contributed by atoms with Crippen molar-refractivity contribution in [3.8, 4) is 33.9 Å². The van der Waals surface area contributed by atoms with Crippen LogP contribution in [-0.2, 0) is 0 Å². The van der Waals surface area contributed by atoms with Gasteiger partial charge in [-0.15, -0.1) is 0 Å². The highest BCUT2D eigenvalue weighted by Crippen LogP contribution is 2.46. The number of nitrogens with zero attached hydrogens (tertiary/aromatic N) is 2. The van der Waals surface area contributed by atoms with E-state index in [-0.39, 0.29) is 0 Å². The molecule has 0 spiro atoms. The largest absolute Gasteiger partial charge is 0.455 e. The molecule has 58 heavy (non-hydrogen) atoms. The molecule has 0 amide bonds. The summed E-state index contributed by atoms with van der Waals surface area (Å²) in [6.07, 6.45) is 0. The third kappa shape index (κ3) is 4.51. The molecule has 0 N–H and O–H groups in total. The first-order valence-electron chi connectivity index (χ1n) is 19.6. The van der Waals surface area contributed by atoms with Crippen LogP contribution in [-0.4, -0.2) is 9.97 Å². The lowest BCUT2D eigenvalue weighted by molar-refractivity contribution is 0.670. The van der Waals surface area contributed by atoms with Crippen LogP contribution < -0.4 is 0 Å². The number of hydrogen-bond acceptors (Lipinski definition) is 4. The van der Waals surface area contributed by atoms with Gasteiger partial charge in [-0.1, -0.05) is 146 Å². The Bertz CT molecular complexity index is 3660. The molecule has 10 aromatic carbocycles. The van der Waals surface area contributed by atoms with Crippen LogP contribution in [0.5, 0.6) is 0 Å². The molecule has 3 aromatic heterocycles. The highest BCUT2D eigenvalue weighted by Gasteiger charge is 2.23. The zero-order valence-corrected chi connectivity index (χ0v) is 31.0. The highest BCUT2D eigenvalue weighted by molar-refractivity contribution is 6.30. The fraction of sp³-hybridized carbons (Fsp3) is 0. The standard InChI is InChI=1S/C54H30N2O2/c1-2-14-34-27-37(22-21-31(34)11-1)54-55-44(42-28-35-15-5-9-19-40(35)50-48-38-17-7-3-12-32(38)23-25-46(48)57-52(42)50)30-45(56-54)43-29-36-16-6-10-20-41(36)51-49-39-18-8-4-13-33(39)24-26-47(49)58-53(43)51/h1-30H. The Hall–Kier alpha value is -7.82. The van der Waals surface area contributed by atoms with Gasteiger partial charge in [-0.25, -0.2) is 9.97 Å². The van der Waals surface area contributed by atoms with Gasteiger partial charge in [0, 0.05) is 38.2 Å². The minimum absolute atomic E-state index is 0.629. The second kappa shape index (κ2) is 11.8. The third-order valence-corrected chi connectivity index (χ3v) is 12.0. The number of benzene rings is 10. The summed E-state index contributed by atoms with van der Waals surface area (Å²) in [6.45, 7) is 0. The zero-order chi connectivity index (χ0) is 37.9. The van der Waals surface area contributed by atoms with Gasteiger partial charge in [0.05, 0.1) is 11.4 Å². The predicted octanol–water partition coefficient (Wildman–Crippen LogP) is 15.0. The van der Waals surface area contributed by atoms with E-state index in [0.29, 0.717) is 5.82 Å². The molecule has 0 saturated carbocycles. The van der Waals surface area contributed by atoms with Crippen molar-refractivity contribution in [2.75, 3.05) is 0 Å². The molecule has 0 radical (unpaired) electrons. The summed E-state index contributed by atoms with van der Waals surface area (Å²) in [5.41, 5.74) is 7.60. The van der Waals surface area contributed by atoms with Crippen molar-refractivity contribution in [2.24, 2.45) is 0 Å². The normalized spacial score (nSPS) is 12.1. The Morgan fingerprint density at radius 2 is 0.724 bits per heavy atom. The summed E-state index contributed by atoms with van der Waals surface area (Å²) < 4.78 is 13.9. The second-order valence-electron chi connectivity index (χ2n) is 15.2. The monoisotopic (exact) mass is 738 g/mol. The topological polar surface area (TPSA) is 52.1 Å². The van der Waals surface area contributed by atoms with Crippen LogP contribution in [0.1, 0.15) is 0 Å². The average Bonchev–Trinajstić information content (AvgIpc) is 3.89. The third-order valence-electron chi connectivity index (χ3n) is 12.0. The summed E-state index contributed by atoms with van der Waals surface area (Å²) in [6, 6.07) is 64.2. The summed E-state index contributed by atoms with van der Waals surface area (Å²) in [5, 5.41) is 15.9.